The Hall–Kier alpha value is -1.88. The number of hydrogen-bond acceptors (Lipinski definition) is 9. The maximum atomic E-state index is 12.1. The van der Waals surface area contributed by atoms with E-state index in [1.54, 1.807) is 0 Å². The van der Waals surface area contributed by atoms with Crippen molar-refractivity contribution in [3.05, 3.63) is 10.4 Å². The first-order valence-electron chi connectivity index (χ1n) is 6.20. The van der Waals surface area contributed by atoms with Crippen LogP contribution in [0.1, 0.15) is 0 Å². The fourth-order valence-electron chi connectivity index (χ4n) is 2.08. The molecule has 0 aromatic carbocycles. The maximum Gasteiger partial charge on any atom is 0.300 e. The molecular weight excluding hydrogens is 284 g/mol. The highest BCUT2D eigenvalue weighted by Gasteiger charge is 2.42. The van der Waals surface area contributed by atoms with E-state index in [4.69, 9.17) is 20.3 Å². The van der Waals surface area contributed by atoms with Crippen LogP contribution in [0, 0.1) is 0 Å². The Kier molecular flexibility index (Phi) is 4.32. The minimum atomic E-state index is -1.33. The van der Waals surface area contributed by atoms with Crippen molar-refractivity contribution in [2.75, 3.05) is 24.8 Å². The van der Waals surface area contributed by atoms with Gasteiger partial charge in [-0.15, -0.1) is 0 Å². The predicted molar refractivity (Wildman–Crippen MR) is 71.8 cm³/mol. The van der Waals surface area contributed by atoms with Crippen LogP contribution in [0.3, 0.4) is 0 Å². The van der Waals surface area contributed by atoms with Crippen LogP contribution in [0.25, 0.3) is 0 Å². The second-order valence-corrected chi connectivity index (χ2v) is 4.63. The molecular formula is C11H18N4O6. The van der Waals surface area contributed by atoms with Crippen LogP contribution in [-0.4, -0.2) is 63.1 Å². The first kappa shape index (κ1) is 15.5. The lowest BCUT2D eigenvalue weighted by Crippen LogP contribution is -2.38. The second kappa shape index (κ2) is 5.85. The number of methoxy groups -OCH3 is 1. The predicted octanol–water partition coefficient (Wildman–Crippen LogP) is -2.78. The summed E-state index contributed by atoms with van der Waals surface area (Å²) < 4.78 is 11.2. The number of aliphatic hydroxyl groups excluding tert-OH is 3. The van der Waals surface area contributed by atoms with E-state index in [0.29, 0.717) is 0 Å². The molecule has 1 aromatic heterocycles. The lowest BCUT2D eigenvalue weighted by Gasteiger charge is -2.19. The van der Waals surface area contributed by atoms with Crippen LogP contribution in [0.5, 0.6) is 6.01 Å². The number of nitrogens with zero attached hydrogens (tertiary/aromatic N) is 2. The second-order valence-electron chi connectivity index (χ2n) is 4.63. The number of anilines is 2. The van der Waals surface area contributed by atoms with Gasteiger partial charge in [-0.1, -0.05) is 0 Å². The molecule has 0 saturated carbocycles. The van der Waals surface area contributed by atoms with Crippen molar-refractivity contribution >= 4 is 11.5 Å². The molecule has 1 saturated heterocycles. The molecule has 10 heteroatoms. The third-order valence-corrected chi connectivity index (χ3v) is 3.29. The normalized spacial score (nSPS) is 28.6. The number of nitrogens with one attached hydrogen (secondary N) is 1. The zero-order valence-electron chi connectivity index (χ0n) is 11.6. The largest absolute Gasteiger partial charge is 0.468 e. The van der Waals surface area contributed by atoms with Crippen LogP contribution in [-0.2, 0) is 11.8 Å². The molecule has 2 rings (SSSR count). The van der Waals surface area contributed by atoms with Gasteiger partial charge in [-0.3, -0.25) is 9.36 Å². The molecule has 0 radical (unpaired) electrons. The molecule has 0 bridgehead atoms. The lowest BCUT2D eigenvalue weighted by molar-refractivity contribution is -0.0153. The van der Waals surface area contributed by atoms with E-state index >= 15 is 0 Å². The molecule has 1 unspecified atom stereocenters. The van der Waals surface area contributed by atoms with Crippen LogP contribution in [0.2, 0.25) is 0 Å². The van der Waals surface area contributed by atoms with E-state index in [1.165, 1.54) is 14.2 Å². The van der Waals surface area contributed by atoms with E-state index < -0.39 is 36.7 Å². The van der Waals surface area contributed by atoms with Gasteiger partial charge < -0.3 is 35.8 Å². The summed E-state index contributed by atoms with van der Waals surface area (Å²) in [6.45, 7) is -0.467. The number of ether oxygens (including phenoxy) is 2. The van der Waals surface area contributed by atoms with Crippen molar-refractivity contribution in [2.24, 2.45) is 7.05 Å². The first-order chi connectivity index (χ1) is 9.90. The molecule has 0 amide bonds. The lowest BCUT2D eigenvalue weighted by atomic mass is 10.1. The molecule has 4 atom stereocenters. The maximum absolute atomic E-state index is 12.1. The Bertz CT molecular complexity index is 577. The third-order valence-electron chi connectivity index (χ3n) is 3.29. The van der Waals surface area contributed by atoms with Crippen molar-refractivity contribution in [3.63, 3.8) is 0 Å². The number of aromatic nitrogens is 2. The molecule has 2 heterocycles. The van der Waals surface area contributed by atoms with Crippen LogP contribution in [0.4, 0.5) is 11.5 Å². The van der Waals surface area contributed by atoms with Crippen LogP contribution < -0.4 is 21.3 Å². The standard InChI is InChI=1S/C11H18N4O6/c1-15-10(19)5(8(12)14-11(15)20-2)13-9-7(18)6(17)4(3-16)21-9/h4,6-7,9,13,16-18H,3,12H2,1-2H3/t4-,6-,7-,9?/m1/s1. The summed E-state index contributed by atoms with van der Waals surface area (Å²) in [6, 6.07) is 0.0317. The van der Waals surface area contributed by atoms with Gasteiger partial charge in [-0.2, -0.15) is 4.98 Å². The van der Waals surface area contributed by atoms with Gasteiger partial charge in [0, 0.05) is 7.05 Å². The molecule has 0 aliphatic carbocycles. The summed E-state index contributed by atoms with van der Waals surface area (Å²) in [4.78, 5) is 16.0. The Labute approximate surface area is 119 Å². The van der Waals surface area contributed by atoms with Crippen molar-refractivity contribution in [1.29, 1.82) is 0 Å². The average Bonchev–Trinajstić information content (AvgIpc) is 2.74. The van der Waals surface area contributed by atoms with E-state index in [1.807, 2.05) is 0 Å². The molecule has 1 aromatic rings. The van der Waals surface area contributed by atoms with Crippen LogP contribution >= 0.6 is 0 Å². The molecule has 10 nitrogen and oxygen atoms in total. The highest BCUT2D eigenvalue weighted by molar-refractivity contribution is 5.61. The van der Waals surface area contributed by atoms with Crippen LogP contribution in [0.15, 0.2) is 4.79 Å². The van der Waals surface area contributed by atoms with E-state index in [-0.39, 0.29) is 17.5 Å². The summed E-state index contributed by atoms with van der Waals surface area (Å²) in [6.07, 6.45) is -4.65. The number of nitrogens with two attached hydrogens (primary N) is 1. The highest BCUT2D eigenvalue weighted by atomic mass is 16.6. The molecule has 118 valence electrons. The van der Waals surface area contributed by atoms with Gasteiger partial charge in [0.2, 0.25) is 0 Å². The van der Waals surface area contributed by atoms with Gasteiger partial charge in [0.1, 0.15) is 24.0 Å². The summed E-state index contributed by atoms with van der Waals surface area (Å²) in [5.41, 5.74) is 5.06. The Morgan fingerprint density at radius 3 is 2.67 bits per heavy atom. The fourth-order valence-corrected chi connectivity index (χ4v) is 2.08. The fraction of sp³-hybridized carbons (Fsp3) is 0.636. The molecule has 21 heavy (non-hydrogen) atoms. The minimum absolute atomic E-state index is 0.0317. The average molecular weight is 302 g/mol. The molecule has 1 aliphatic heterocycles. The van der Waals surface area contributed by atoms with Crippen molar-refractivity contribution in [2.45, 2.75) is 24.5 Å². The monoisotopic (exact) mass is 302 g/mol. The number of aliphatic hydroxyl groups is 3. The van der Waals surface area contributed by atoms with Crippen molar-refractivity contribution in [3.8, 4) is 6.01 Å². The highest BCUT2D eigenvalue weighted by Crippen LogP contribution is 2.24. The Morgan fingerprint density at radius 1 is 1.48 bits per heavy atom. The number of nitrogen functional groups attached to an aromatic ring is 1. The van der Waals surface area contributed by atoms with Gasteiger partial charge in [0.15, 0.2) is 12.0 Å². The summed E-state index contributed by atoms with van der Waals surface area (Å²) in [5.74, 6) is -0.132. The molecule has 6 N–H and O–H groups in total. The Morgan fingerprint density at radius 2 is 2.14 bits per heavy atom. The van der Waals surface area contributed by atoms with Gasteiger partial charge in [0.05, 0.1) is 13.7 Å². The van der Waals surface area contributed by atoms with E-state index in [0.717, 1.165) is 4.57 Å². The number of rotatable bonds is 4. The minimum Gasteiger partial charge on any atom is -0.468 e. The molecule has 1 fully saturated rings. The van der Waals surface area contributed by atoms with Gasteiger partial charge in [-0.05, 0) is 0 Å². The van der Waals surface area contributed by atoms with Crippen molar-refractivity contribution in [1.82, 2.24) is 9.55 Å². The quantitative estimate of drug-likeness (QED) is 0.397. The SMILES string of the molecule is COc1nc(N)c(NC2O[C@H](CO)[C@@H](O)[C@H]2O)c(=O)n1C. The Balaban J connectivity index is 2.29. The van der Waals surface area contributed by atoms with E-state index in [2.05, 4.69) is 10.3 Å². The zero-order valence-corrected chi connectivity index (χ0v) is 11.6. The summed E-state index contributed by atoms with van der Waals surface area (Å²) in [5, 5.41) is 31.1. The van der Waals surface area contributed by atoms with Gasteiger partial charge in [-0.25, -0.2) is 0 Å². The van der Waals surface area contributed by atoms with Gasteiger partial charge >= 0.3 is 6.01 Å². The molecule has 0 spiro atoms. The zero-order chi connectivity index (χ0) is 15.7. The van der Waals surface area contributed by atoms with Crippen molar-refractivity contribution < 1.29 is 24.8 Å². The van der Waals surface area contributed by atoms with Gasteiger partial charge in [0.25, 0.3) is 5.56 Å². The summed E-state index contributed by atoms with van der Waals surface area (Å²) in [7, 11) is 2.79. The summed E-state index contributed by atoms with van der Waals surface area (Å²) >= 11 is 0. The number of hydrogen-bond donors (Lipinski definition) is 5. The first-order valence-corrected chi connectivity index (χ1v) is 6.20. The smallest absolute Gasteiger partial charge is 0.300 e. The molecule has 1 aliphatic rings. The third kappa shape index (κ3) is 2.65. The topological polar surface area (TPSA) is 152 Å². The van der Waals surface area contributed by atoms with E-state index in [9.17, 15) is 15.0 Å².